The Balaban J connectivity index is 1.59. The molecule has 1 N–H and O–H groups in total. The summed E-state index contributed by atoms with van der Waals surface area (Å²) in [6.45, 7) is 1.50. The predicted molar refractivity (Wildman–Crippen MR) is 88.8 cm³/mol. The van der Waals surface area contributed by atoms with Gasteiger partial charge in [0.1, 0.15) is 0 Å². The van der Waals surface area contributed by atoms with Crippen molar-refractivity contribution in [1.82, 2.24) is 9.80 Å². The van der Waals surface area contributed by atoms with Crippen LogP contribution in [0.2, 0.25) is 0 Å². The van der Waals surface area contributed by atoms with Crippen LogP contribution in [0, 0.1) is 5.92 Å². The van der Waals surface area contributed by atoms with E-state index in [-0.39, 0.29) is 31.4 Å². The van der Waals surface area contributed by atoms with Crippen LogP contribution >= 0.6 is 0 Å². The van der Waals surface area contributed by atoms with E-state index in [0.29, 0.717) is 19.7 Å². The zero-order valence-corrected chi connectivity index (χ0v) is 14.0. The Hall–Kier alpha value is -2.41. The molecule has 3 rings (SSSR count). The second-order valence-electron chi connectivity index (χ2n) is 6.44. The van der Waals surface area contributed by atoms with Crippen LogP contribution in [-0.2, 0) is 25.5 Å². The van der Waals surface area contributed by atoms with Crippen molar-refractivity contribution in [2.24, 2.45) is 5.92 Å². The minimum Gasteiger partial charge on any atom is -0.480 e. The maximum absolute atomic E-state index is 12.7. The monoisotopic (exact) mass is 346 g/mol. The van der Waals surface area contributed by atoms with E-state index in [1.165, 1.54) is 4.90 Å². The number of carbonyl (C=O) groups is 3. The fourth-order valence-corrected chi connectivity index (χ4v) is 3.37. The van der Waals surface area contributed by atoms with Gasteiger partial charge in [0.15, 0.2) is 6.04 Å². The number of nitrogens with zero attached hydrogens (tertiary/aromatic N) is 2. The second-order valence-corrected chi connectivity index (χ2v) is 6.44. The number of aliphatic carboxylic acids is 1. The summed E-state index contributed by atoms with van der Waals surface area (Å²) in [5, 5.41) is 9.26. The minimum absolute atomic E-state index is 0.000535. The molecule has 134 valence electrons. The van der Waals surface area contributed by atoms with Crippen molar-refractivity contribution in [1.29, 1.82) is 0 Å². The summed E-state index contributed by atoms with van der Waals surface area (Å²) < 4.78 is 5.16. The third-order valence-electron chi connectivity index (χ3n) is 4.77. The van der Waals surface area contributed by atoms with Gasteiger partial charge >= 0.3 is 5.97 Å². The zero-order chi connectivity index (χ0) is 17.8. The zero-order valence-electron chi connectivity index (χ0n) is 14.0. The molecule has 7 heteroatoms. The Bertz CT molecular complexity index is 648. The third-order valence-corrected chi connectivity index (χ3v) is 4.77. The van der Waals surface area contributed by atoms with E-state index in [2.05, 4.69) is 0 Å². The molecule has 2 saturated heterocycles. The van der Waals surface area contributed by atoms with Crippen LogP contribution < -0.4 is 0 Å². The molecule has 0 bridgehead atoms. The van der Waals surface area contributed by atoms with Gasteiger partial charge in [0.25, 0.3) is 0 Å². The predicted octanol–water partition coefficient (Wildman–Crippen LogP) is 0.390. The molecule has 0 spiro atoms. The molecule has 1 aromatic rings. The highest BCUT2D eigenvalue weighted by Gasteiger charge is 2.40. The van der Waals surface area contributed by atoms with Crippen LogP contribution in [0.15, 0.2) is 30.3 Å². The summed E-state index contributed by atoms with van der Waals surface area (Å²) in [5.74, 6) is -1.85. The van der Waals surface area contributed by atoms with E-state index in [0.717, 1.165) is 12.0 Å². The van der Waals surface area contributed by atoms with Crippen LogP contribution in [0.1, 0.15) is 12.0 Å². The molecule has 0 aliphatic carbocycles. The number of carboxylic acid groups (broad SMARTS) is 1. The van der Waals surface area contributed by atoms with Gasteiger partial charge in [-0.2, -0.15) is 0 Å². The lowest BCUT2D eigenvalue weighted by molar-refractivity contribution is -0.160. The summed E-state index contributed by atoms with van der Waals surface area (Å²) in [7, 11) is 0. The van der Waals surface area contributed by atoms with Gasteiger partial charge in [-0.15, -0.1) is 0 Å². The maximum atomic E-state index is 12.7. The van der Waals surface area contributed by atoms with Crippen LogP contribution in [0.4, 0.5) is 0 Å². The maximum Gasteiger partial charge on any atom is 0.328 e. The summed E-state index contributed by atoms with van der Waals surface area (Å²) in [6.07, 6.45) is 0.889. The quantitative estimate of drug-likeness (QED) is 0.833. The van der Waals surface area contributed by atoms with E-state index in [9.17, 15) is 19.5 Å². The highest BCUT2D eigenvalue weighted by Crippen LogP contribution is 2.22. The third kappa shape index (κ3) is 3.99. The molecule has 2 amide bonds. The van der Waals surface area contributed by atoms with Gasteiger partial charge in [0.05, 0.1) is 19.1 Å². The number of hydrogen-bond acceptors (Lipinski definition) is 4. The van der Waals surface area contributed by atoms with E-state index in [1.54, 1.807) is 4.90 Å². The molecule has 2 aliphatic rings. The summed E-state index contributed by atoms with van der Waals surface area (Å²) in [6, 6.07) is 8.91. The number of carboxylic acids is 1. The lowest BCUT2D eigenvalue weighted by Crippen LogP contribution is -2.54. The average Bonchev–Trinajstić information content (AvgIpc) is 3.01. The first-order valence-electron chi connectivity index (χ1n) is 8.49. The fourth-order valence-electron chi connectivity index (χ4n) is 3.37. The van der Waals surface area contributed by atoms with E-state index < -0.39 is 17.9 Å². The summed E-state index contributed by atoms with van der Waals surface area (Å²) in [5.41, 5.74) is 1.14. The van der Waals surface area contributed by atoms with Crippen molar-refractivity contribution in [3.63, 3.8) is 0 Å². The molecule has 0 unspecified atom stereocenters. The normalized spacial score (nSPS) is 23.8. The van der Waals surface area contributed by atoms with Crippen molar-refractivity contribution >= 4 is 17.8 Å². The van der Waals surface area contributed by atoms with Crippen LogP contribution in [0.3, 0.4) is 0 Å². The molecule has 0 aromatic heterocycles. The second kappa shape index (κ2) is 7.65. The Morgan fingerprint density at radius 1 is 1.24 bits per heavy atom. The van der Waals surface area contributed by atoms with E-state index in [4.69, 9.17) is 4.74 Å². The first kappa shape index (κ1) is 17.4. The molecule has 2 aliphatic heterocycles. The highest BCUT2D eigenvalue weighted by atomic mass is 16.5. The standard InChI is InChI=1S/C18H22N2O5/c21-16-10-14(11-19(16)7-6-13-4-2-1-3-5-13)17(22)20-8-9-25-12-15(20)18(23)24/h1-5,14-15H,6-12H2,(H,23,24)/t14-,15-/m1/s1. The molecule has 2 heterocycles. The van der Waals surface area contributed by atoms with Gasteiger partial charge in [-0.1, -0.05) is 30.3 Å². The number of ether oxygens (including phenoxy) is 1. The van der Waals surface area contributed by atoms with Gasteiger partial charge in [-0.25, -0.2) is 4.79 Å². The molecule has 2 fully saturated rings. The molecular weight excluding hydrogens is 324 g/mol. The number of rotatable bonds is 5. The SMILES string of the molecule is O=C(O)[C@H]1COCCN1C(=O)[C@@H]1CC(=O)N(CCc2ccccc2)C1. The smallest absolute Gasteiger partial charge is 0.328 e. The minimum atomic E-state index is -1.07. The van der Waals surface area contributed by atoms with E-state index >= 15 is 0 Å². The van der Waals surface area contributed by atoms with Gasteiger partial charge in [-0.05, 0) is 12.0 Å². The largest absolute Gasteiger partial charge is 0.480 e. The first-order chi connectivity index (χ1) is 12.1. The first-order valence-corrected chi connectivity index (χ1v) is 8.49. The van der Waals surface area contributed by atoms with Gasteiger partial charge in [0.2, 0.25) is 11.8 Å². The Morgan fingerprint density at radius 2 is 2.00 bits per heavy atom. The number of amides is 2. The summed E-state index contributed by atoms with van der Waals surface area (Å²) in [4.78, 5) is 39.3. The number of carbonyl (C=O) groups excluding carboxylic acids is 2. The number of likely N-dealkylation sites (tertiary alicyclic amines) is 1. The Labute approximate surface area is 146 Å². The molecule has 7 nitrogen and oxygen atoms in total. The molecule has 0 saturated carbocycles. The van der Waals surface area contributed by atoms with Crippen molar-refractivity contribution in [2.45, 2.75) is 18.9 Å². The molecule has 2 atom stereocenters. The number of morpholine rings is 1. The lowest BCUT2D eigenvalue weighted by Gasteiger charge is -2.34. The van der Waals surface area contributed by atoms with Crippen LogP contribution in [0.5, 0.6) is 0 Å². The molecule has 1 aromatic carbocycles. The van der Waals surface area contributed by atoms with Crippen molar-refractivity contribution in [2.75, 3.05) is 32.8 Å². The van der Waals surface area contributed by atoms with Crippen LogP contribution in [0.25, 0.3) is 0 Å². The molecule has 25 heavy (non-hydrogen) atoms. The van der Waals surface area contributed by atoms with Crippen LogP contribution in [-0.4, -0.2) is 71.6 Å². The average molecular weight is 346 g/mol. The Kier molecular flexibility index (Phi) is 5.33. The lowest BCUT2D eigenvalue weighted by atomic mass is 10.1. The van der Waals surface area contributed by atoms with E-state index in [1.807, 2.05) is 30.3 Å². The van der Waals surface area contributed by atoms with Gasteiger partial charge < -0.3 is 19.6 Å². The van der Waals surface area contributed by atoms with Gasteiger partial charge in [0, 0.05) is 26.1 Å². The number of hydrogen-bond donors (Lipinski definition) is 1. The molecular formula is C18H22N2O5. The topological polar surface area (TPSA) is 87.1 Å². The Morgan fingerprint density at radius 3 is 2.72 bits per heavy atom. The summed E-state index contributed by atoms with van der Waals surface area (Å²) >= 11 is 0. The van der Waals surface area contributed by atoms with Gasteiger partial charge in [-0.3, -0.25) is 9.59 Å². The fraction of sp³-hybridized carbons (Fsp3) is 0.500. The van der Waals surface area contributed by atoms with Crippen molar-refractivity contribution in [3.05, 3.63) is 35.9 Å². The van der Waals surface area contributed by atoms with Crippen molar-refractivity contribution < 1.29 is 24.2 Å². The van der Waals surface area contributed by atoms with Crippen molar-refractivity contribution in [3.8, 4) is 0 Å². The molecule has 0 radical (unpaired) electrons. The number of benzene rings is 1. The highest BCUT2D eigenvalue weighted by molar-refractivity contribution is 5.91.